The van der Waals surface area contributed by atoms with Crippen molar-refractivity contribution >= 4 is 34.8 Å². The topological polar surface area (TPSA) is 61.4 Å². The van der Waals surface area contributed by atoms with E-state index in [2.05, 4.69) is 10.6 Å². The Labute approximate surface area is 179 Å². The fourth-order valence-corrected chi connectivity index (χ4v) is 5.26. The van der Waals surface area contributed by atoms with Crippen LogP contribution in [0.3, 0.4) is 0 Å². The highest BCUT2D eigenvalue weighted by Gasteiger charge is 2.61. The van der Waals surface area contributed by atoms with Crippen molar-refractivity contribution in [3.05, 3.63) is 63.4 Å². The molecule has 1 amide bonds. The summed E-state index contributed by atoms with van der Waals surface area (Å²) in [7, 11) is 0. The van der Waals surface area contributed by atoms with E-state index in [0.29, 0.717) is 29.2 Å². The maximum absolute atomic E-state index is 15.0. The normalized spacial score (nSPS) is 26.1. The van der Waals surface area contributed by atoms with Gasteiger partial charge >= 0.3 is 0 Å². The number of carbonyl (C=O) groups is 1. The molecule has 7 heteroatoms. The Kier molecular flexibility index (Phi) is 5.14. The quantitative estimate of drug-likeness (QED) is 0.651. The van der Waals surface area contributed by atoms with E-state index in [9.17, 15) is 9.90 Å². The molecular formula is C22H23Cl2FN2O2. The number of aliphatic hydroxyl groups excluding tert-OH is 1. The predicted octanol–water partition coefficient (Wildman–Crippen LogP) is 4.69. The third kappa shape index (κ3) is 3.15. The highest BCUT2D eigenvalue weighted by atomic mass is 35.5. The number of halogens is 3. The molecule has 0 aliphatic carbocycles. The maximum Gasteiger partial charge on any atom is 0.237 e. The number of hydrogen-bond donors (Lipinski definition) is 3. The van der Waals surface area contributed by atoms with Crippen molar-refractivity contribution in [3.8, 4) is 0 Å². The summed E-state index contributed by atoms with van der Waals surface area (Å²) in [5.41, 5.74) is 0.374. The van der Waals surface area contributed by atoms with Gasteiger partial charge in [-0.3, -0.25) is 4.79 Å². The Hall–Kier alpha value is -1.66. The number of nitrogens with one attached hydrogen (secondary N) is 2. The number of anilines is 1. The van der Waals surface area contributed by atoms with E-state index in [1.807, 2.05) is 19.9 Å². The summed E-state index contributed by atoms with van der Waals surface area (Å²) < 4.78 is 15.0. The van der Waals surface area contributed by atoms with Crippen LogP contribution in [0.5, 0.6) is 0 Å². The highest BCUT2D eigenvalue weighted by Crippen LogP contribution is 2.56. The van der Waals surface area contributed by atoms with Gasteiger partial charge in [0.05, 0.1) is 16.5 Å². The van der Waals surface area contributed by atoms with E-state index in [0.717, 1.165) is 5.56 Å². The van der Waals surface area contributed by atoms with Gasteiger partial charge in [0.25, 0.3) is 0 Å². The second kappa shape index (κ2) is 7.24. The van der Waals surface area contributed by atoms with E-state index in [4.69, 9.17) is 23.2 Å². The number of benzene rings is 2. The summed E-state index contributed by atoms with van der Waals surface area (Å²) in [6.45, 7) is 4.42. The van der Waals surface area contributed by atoms with E-state index in [1.54, 1.807) is 24.3 Å². The minimum Gasteiger partial charge on any atom is -0.396 e. The zero-order valence-corrected chi connectivity index (χ0v) is 17.7. The number of fused-ring (bicyclic) bond motifs is 2. The van der Waals surface area contributed by atoms with Gasteiger partial charge in [-0.2, -0.15) is 0 Å². The van der Waals surface area contributed by atoms with Crippen molar-refractivity contribution in [3.63, 3.8) is 0 Å². The molecule has 2 aliphatic rings. The first-order valence-corrected chi connectivity index (χ1v) is 10.4. The Bertz CT molecular complexity index is 981. The van der Waals surface area contributed by atoms with Gasteiger partial charge in [0.15, 0.2) is 0 Å². The average Bonchev–Trinajstić information content (AvgIpc) is 3.16. The van der Waals surface area contributed by atoms with Crippen molar-refractivity contribution in [1.29, 1.82) is 0 Å². The summed E-state index contributed by atoms with van der Waals surface area (Å²) in [6, 6.07) is 9.58. The number of hydrogen-bond acceptors (Lipinski definition) is 3. The van der Waals surface area contributed by atoms with Crippen LogP contribution in [0.2, 0.25) is 10.0 Å². The van der Waals surface area contributed by atoms with Crippen LogP contribution in [0, 0.1) is 17.2 Å². The lowest BCUT2D eigenvalue weighted by Gasteiger charge is -2.37. The molecule has 2 aromatic carbocycles. The van der Waals surface area contributed by atoms with Gasteiger partial charge in [-0.25, -0.2) is 4.39 Å². The Balaban J connectivity index is 1.92. The molecule has 154 valence electrons. The van der Waals surface area contributed by atoms with Gasteiger partial charge in [0.2, 0.25) is 5.91 Å². The van der Waals surface area contributed by atoms with Crippen LogP contribution >= 0.6 is 23.2 Å². The van der Waals surface area contributed by atoms with Gasteiger partial charge in [0, 0.05) is 29.4 Å². The molecule has 0 radical (unpaired) electrons. The fraction of sp³-hybridized carbons (Fsp3) is 0.409. The van der Waals surface area contributed by atoms with Gasteiger partial charge < -0.3 is 15.7 Å². The Morgan fingerprint density at radius 3 is 2.76 bits per heavy atom. The molecule has 3 atom stereocenters. The number of carbonyl (C=O) groups excluding carboxylic acids is 1. The lowest BCUT2D eigenvalue weighted by molar-refractivity contribution is -0.123. The molecule has 4 rings (SSSR count). The molecule has 2 aromatic rings. The fourth-order valence-electron chi connectivity index (χ4n) is 4.90. The first-order valence-electron chi connectivity index (χ1n) is 9.60. The molecule has 1 saturated heterocycles. The molecule has 1 spiro atoms. The van der Waals surface area contributed by atoms with Gasteiger partial charge in [0.1, 0.15) is 5.82 Å². The molecule has 4 nitrogen and oxygen atoms in total. The minimum absolute atomic E-state index is 0.00906. The van der Waals surface area contributed by atoms with Crippen molar-refractivity contribution in [2.24, 2.45) is 11.3 Å². The van der Waals surface area contributed by atoms with Crippen LogP contribution in [0.25, 0.3) is 0 Å². The molecule has 1 unspecified atom stereocenters. The van der Waals surface area contributed by atoms with Crippen LogP contribution in [0.4, 0.5) is 10.1 Å². The predicted molar refractivity (Wildman–Crippen MR) is 113 cm³/mol. The number of rotatable bonds is 4. The molecule has 29 heavy (non-hydrogen) atoms. The Morgan fingerprint density at radius 1 is 1.28 bits per heavy atom. The van der Waals surface area contributed by atoms with Gasteiger partial charge in [-0.15, -0.1) is 0 Å². The van der Waals surface area contributed by atoms with E-state index < -0.39 is 22.7 Å². The number of aliphatic hydroxyl groups is 1. The largest absolute Gasteiger partial charge is 0.396 e. The SMILES string of the molecule is CC(C)(CO)C[C@@H]1CN[C@H](c2cccc(Cl)c2F)C12C(=O)Nc1cc(Cl)ccc12. The third-order valence-corrected chi connectivity index (χ3v) is 6.77. The standard InChI is InChI=1S/C22H23Cl2FN2O2/c1-21(2,11-28)9-12-10-26-19(14-4-3-5-16(24)18(14)25)22(12)15-7-6-13(23)8-17(15)27-20(22)29/h3-8,12,19,26,28H,9-11H2,1-2H3,(H,27,29)/t12-,19-,22?/m1/s1. The van der Waals surface area contributed by atoms with Crippen LogP contribution in [-0.4, -0.2) is 24.2 Å². The molecule has 2 aliphatic heterocycles. The summed E-state index contributed by atoms with van der Waals surface area (Å²) in [4.78, 5) is 13.5. The van der Waals surface area contributed by atoms with Crippen LogP contribution in [0.1, 0.15) is 37.4 Å². The lowest BCUT2D eigenvalue weighted by atomic mass is 9.63. The summed E-state index contributed by atoms with van der Waals surface area (Å²) in [5.74, 6) is -0.873. The summed E-state index contributed by atoms with van der Waals surface area (Å²) in [5, 5.41) is 16.7. The Morgan fingerprint density at radius 2 is 2.03 bits per heavy atom. The molecule has 3 N–H and O–H groups in total. The monoisotopic (exact) mass is 436 g/mol. The second-order valence-corrected chi connectivity index (χ2v) is 9.56. The summed E-state index contributed by atoms with van der Waals surface area (Å²) >= 11 is 12.2. The molecule has 1 fully saturated rings. The van der Waals surface area contributed by atoms with Crippen molar-refractivity contribution in [1.82, 2.24) is 5.32 Å². The van der Waals surface area contributed by atoms with Crippen LogP contribution in [-0.2, 0) is 10.2 Å². The highest BCUT2D eigenvalue weighted by molar-refractivity contribution is 6.31. The van der Waals surface area contributed by atoms with E-state index >= 15 is 4.39 Å². The molecule has 0 aromatic heterocycles. The lowest BCUT2D eigenvalue weighted by Crippen LogP contribution is -2.45. The zero-order valence-electron chi connectivity index (χ0n) is 16.2. The van der Waals surface area contributed by atoms with Gasteiger partial charge in [-0.1, -0.05) is 55.2 Å². The zero-order chi connectivity index (χ0) is 21.0. The smallest absolute Gasteiger partial charge is 0.237 e. The molecule has 0 saturated carbocycles. The van der Waals surface area contributed by atoms with E-state index in [1.165, 1.54) is 6.07 Å². The first kappa shape index (κ1) is 20.6. The maximum atomic E-state index is 15.0. The molecule has 0 bridgehead atoms. The van der Waals surface area contributed by atoms with Crippen molar-refractivity contribution < 1.29 is 14.3 Å². The molecule has 2 heterocycles. The minimum atomic E-state index is -1.03. The van der Waals surface area contributed by atoms with Crippen LogP contribution in [0.15, 0.2) is 36.4 Å². The average molecular weight is 437 g/mol. The van der Waals surface area contributed by atoms with Crippen molar-refractivity contribution in [2.75, 3.05) is 18.5 Å². The number of amides is 1. The first-order chi connectivity index (χ1) is 13.7. The van der Waals surface area contributed by atoms with Crippen molar-refractivity contribution in [2.45, 2.75) is 31.7 Å². The summed E-state index contributed by atoms with van der Waals surface area (Å²) in [6.07, 6.45) is 0.588. The van der Waals surface area contributed by atoms with Crippen LogP contribution < -0.4 is 10.6 Å². The van der Waals surface area contributed by atoms with Gasteiger partial charge in [-0.05, 0) is 41.5 Å². The third-order valence-electron chi connectivity index (χ3n) is 6.24. The molecular weight excluding hydrogens is 414 g/mol. The second-order valence-electron chi connectivity index (χ2n) is 8.72. The van der Waals surface area contributed by atoms with E-state index in [-0.39, 0.29) is 23.5 Å².